The van der Waals surface area contributed by atoms with Crippen LogP contribution in [0.25, 0.3) is 0 Å². The fraction of sp³-hybridized carbons (Fsp3) is 0.364. The van der Waals surface area contributed by atoms with Crippen LogP contribution in [0.2, 0.25) is 0 Å². The summed E-state index contributed by atoms with van der Waals surface area (Å²) in [4.78, 5) is 24.7. The molecule has 2 N–H and O–H groups in total. The molecule has 1 aliphatic heterocycles. The highest BCUT2D eigenvalue weighted by Crippen LogP contribution is 2.37. The molecule has 2 amide bonds. The van der Waals surface area contributed by atoms with Crippen molar-refractivity contribution < 1.29 is 14.3 Å². The van der Waals surface area contributed by atoms with Crippen LogP contribution in [0.3, 0.4) is 0 Å². The van der Waals surface area contributed by atoms with Crippen LogP contribution in [0, 0.1) is 5.92 Å². The first-order chi connectivity index (χ1) is 12.9. The van der Waals surface area contributed by atoms with E-state index in [1.165, 1.54) is 12.8 Å². The zero-order valence-corrected chi connectivity index (χ0v) is 15.7. The van der Waals surface area contributed by atoms with Crippen molar-refractivity contribution in [3.05, 3.63) is 59.2 Å². The van der Waals surface area contributed by atoms with Gasteiger partial charge >= 0.3 is 0 Å². The molecule has 0 unspecified atom stereocenters. The Morgan fingerprint density at radius 1 is 1.22 bits per heavy atom. The van der Waals surface area contributed by atoms with Crippen molar-refractivity contribution >= 4 is 17.5 Å². The van der Waals surface area contributed by atoms with Crippen molar-refractivity contribution in [1.29, 1.82) is 0 Å². The van der Waals surface area contributed by atoms with Crippen LogP contribution in [-0.2, 0) is 16.8 Å². The third kappa shape index (κ3) is 3.54. The largest absolute Gasteiger partial charge is 0.493 e. The van der Waals surface area contributed by atoms with Crippen molar-refractivity contribution in [1.82, 2.24) is 5.32 Å². The van der Waals surface area contributed by atoms with Gasteiger partial charge in [0.2, 0.25) is 5.91 Å². The first-order valence-corrected chi connectivity index (χ1v) is 9.40. The van der Waals surface area contributed by atoms with Gasteiger partial charge in [-0.1, -0.05) is 24.3 Å². The minimum absolute atomic E-state index is 0.0446. The Morgan fingerprint density at radius 2 is 2.00 bits per heavy atom. The van der Waals surface area contributed by atoms with Crippen molar-refractivity contribution in [3.8, 4) is 5.75 Å². The summed E-state index contributed by atoms with van der Waals surface area (Å²) in [5, 5.41) is 5.81. The van der Waals surface area contributed by atoms with Gasteiger partial charge in [-0.15, -0.1) is 0 Å². The highest BCUT2D eigenvalue weighted by Gasteiger charge is 2.38. The number of nitrogens with one attached hydrogen (secondary N) is 2. The standard InChI is InChI=1S/C22H24N2O3/c1-22(2)17-10-9-15(11-18(17)24-21(22)26)20(25)23-12-16-5-3-4-6-19(16)27-13-14-7-8-14/h3-6,9-11,14H,7-8,12-13H2,1-2H3,(H,23,25)(H,24,26). The van der Waals surface area contributed by atoms with E-state index in [9.17, 15) is 9.59 Å². The highest BCUT2D eigenvalue weighted by molar-refractivity contribution is 6.07. The molecule has 0 saturated heterocycles. The Kier molecular flexibility index (Phi) is 4.38. The molecule has 0 spiro atoms. The maximum Gasteiger partial charge on any atom is 0.251 e. The molecule has 140 valence electrons. The molecule has 5 nitrogen and oxygen atoms in total. The number of fused-ring (bicyclic) bond motifs is 1. The smallest absolute Gasteiger partial charge is 0.251 e. The van der Waals surface area contributed by atoms with Crippen molar-refractivity contribution in [3.63, 3.8) is 0 Å². The number of hydrogen-bond acceptors (Lipinski definition) is 3. The predicted octanol–water partition coefficient (Wildman–Crippen LogP) is 3.64. The van der Waals surface area contributed by atoms with E-state index < -0.39 is 5.41 Å². The lowest BCUT2D eigenvalue weighted by Gasteiger charge is -2.15. The monoisotopic (exact) mass is 364 g/mol. The van der Waals surface area contributed by atoms with Gasteiger partial charge in [-0.25, -0.2) is 0 Å². The van der Waals surface area contributed by atoms with Crippen LogP contribution in [0.1, 0.15) is 48.2 Å². The van der Waals surface area contributed by atoms with Gasteiger partial charge in [-0.2, -0.15) is 0 Å². The van der Waals surface area contributed by atoms with Gasteiger partial charge in [0.05, 0.1) is 12.0 Å². The Morgan fingerprint density at radius 3 is 2.78 bits per heavy atom. The lowest BCUT2D eigenvalue weighted by molar-refractivity contribution is -0.119. The Labute approximate surface area is 159 Å². The summed E-state index contributed by atoms with van der Waals surface area (Å²) < 4.78 is 5.90. The van der Waals surface area contributed by atoms with Crippen LogP contribution in [0.5, 0.6) is 5.75 Å². The molecule has 2 aromatic rings. The first kappa shape index (κ1) is 17.6. The zero-order valence-electron chi connectivity index (χ0n) is 15.7. The molecule has 0 atom stereocenters. The van der Waals surface area contributed by atoms with Gasteiger partial charge in [-0.3, -0.25) is 9.59 Å². The van der Waals surface area contributed by atoms with Crippen molar-refractivity contribution in [2.24, 2.45) is 5.92 Å². The molecule has 2 aromatic carbocycles. The van der Waals surface area contributed by atoms with Crippen LogP contribution >= 0.6 is 0 Å². The van der Waals surface area contributed by atoms with Gasteiger partial charge in [0.15, 0.2) is 0 Å². The number of anilines is 1. The molecule has 1 saturated carbocycles. The average molecular weight is 364 g/mol. The fourth-order valence-corrected chi connectivity index (χ4v) is 3.30. The lowest BCUT2D eigenvalue weighted by atomic mass is 9.86. The molecule has 1 aliphatic carbocycles. The number of para-hydroxylation sites is 1. The number of benzene rings is 2. The Balaban J connectivity index is 1.43. The van der Waals surface area contributed by atoms with E-state index in [0.717, 1.165) is 23.5 Å². The van der Waals surface area contributed by atoms with E-state index >= 15 is 0 Å². The lowest BCUT2D eigenvalue weighted by Crippen LogP contribution is -2.26. The topological polar surface area (TPSA) is 67.4 Å². The van der Waals surface area contributed by atoms with Crippen molar-refractivity contribution in [2.45, 2.75) is 38.6 Å². The van der Waals surface area contributed by atoms with Gasteiger partial charge in [0, 0.05) is 23.4 Å². The molecule has 27 heavy (non-hydrogen) atoms. The molecule has 0 radical (unpaired) electrons. The number of ether oxygens (including phenoxy) is 1. The molecule has 1 heterocycles. The number of hydrogen-bond donors (Lipinski definition) is 2. The summed E-state index contributed by atoms with van der Waals surface area (Å²) in [6.07, 6.45) is 2.48. The van der Waals surface area contributed by atoms with E-state index in [1.807, 2.05) is 44.2 Å². The second-order valence-electron chi connectivity index (χ2n) is 7.88. The summed E-state index contributed by atoms with van der Waals surface area (Å²) >= 11 is 0. The Bertz CT molecular complexity index is 900. The second kappa shape index (κ2) is 6.72. The highest BCUT2D eigenvalue weighted by atomic mass is 16.5. The molecular weight excluding hydrogens is 340 g/mol. The minimum Gasteiger partial charge on any atom is -0.493 e. The molecule has 1 fully saturated rings. The quantitative estimate of drug-likeness (QED) is 0.822. The maximum atomic E-state index is 12.6. The first-order valence-electron chi connectivity index (χ1n) is 9.40. The minimum atomic E-state index is -0.567. The van der Waals surface area contributed by atoms with E-state index in [4.69, 9.17) is 4.74 Å². The van der Waals surface area contributed by atoms with Gasteiger partial charge in [0.25, 0.3) is 5.91 Å². The zero-order chi connectivity index (χ0) is 19.0. The van der Waals surface area contributed by atoms with Gasteiger partial charge < -0.3 is 15.4 Å². The van der Waals surface area contributed by atoms with Gasteiger partial charge in [0.1, 0.15) is 5.75 Å². The third-order valence-electron chi connectivity index (χ3n) is 5.35. The van der Waals surface area contributed by atoms with Gasteiger partial charge in [-0.05, 0) is 56.4 Å². The second-order valence-corrected chi connectivity index (χ2v) is 7.88. The summed E-state index contributed by atoms with van der Waals surface area (Å²) in [7, 11) is 0. The molecule has 4 rings (SSSR count). The SMILES string of the molecule is CC1(C)C(=O)Nc2cc(C(=O)NCc3ccccc3OCC3CC3)ccc21. The van der Waals surface area contributed by atoms with E-state index in [1.54, 1.807) is 12.1 Å². The maximum absolute atomic E-state index is 12.6. The molecule has 5 heteroatoms. The third-order valence-corrected chi connectivity index (χ3v) is 5.35. The number of rotatable bonds is 6. The molecule has 2 aliphatic rings. The number of amides is 2. The summed E-state index contributed by atoms with van der Waals surface area (Å²) in [5.41, 5.74) is 2.56. The fourth-order valence-electron chi connectivity index (χ4n) is 3.30. The summed E-state index contributed by atoms with van der Waals surface area (Å²) in [6.45, 7) is 4.90. The molecule has 0 bridgehead atoms. The predicted molar refractivity (Wildman–Crippen MR) is 104 cm³/mol. The normalized spacial score (nSPS) is 17.2. The van der Waals surface area contributed by atoms with E-state index in [-0.39, 0.29) is 11.8 Å². The van der Waals surface area contributed by atoms with E-state index in [2.05, 4.69) is 10.6 Å². The van der Waals surface area contributed by atoms with E-state index in [0.29, 0.717) is 23.7 Å². The summed E-state index contributed by atoms with van der Waals surface area (Å²) in [6, 6.07) is 13.2. The Hall–Kier alpha value is -2.82. The molecule has 0 aromatic heterocycles. The van der Waals surface area contributed by atoms with Crippen LogP contribution in [0.15, 0.2) is 42.5 Å². The van der Waals surface area contributed by atoms with Crippen LogP contribution in [-0.4, -0.2) is 18.4 Å². The van der Waals surface area contributed by atoms with Crippen molar-refractivity contribution in [2.75, 3.05) is 11.9 Å². The van der Waals surface area contributed by atoms with Crippen LogP contribution in [0.4, 0.5) is 5.69 Å². The summed E-state index contributed by atoms with van der Waals surface area (Å²) in [5.74, 6) is 1.29. The number of carbonyl (C=O) groups excluding carboxylic acids is 2. The molecular formula is C22H24N2O3. The number of carbonyl (C=O) groups is 2. The van der Waals surface area contributed by atoms with Crippen LogP contribution < -0.4 is 15.4 Å². The average Bonchev–Trinajstić information content (AvgIpc) is 3.45.